The van der Waals surface area contributed by atoms with Gasteiger partial charge in [0.05, 0.1) is 6.61 Å². The molecule has 0 saturated heterocycles. The summed E-state index contributed by atoms with van der Waals surface area (Å²) in [5, 5.41) is 5.85. The standard InChI is InChI=1S/C18H19BrN2O3S/c1-2-23-10-11-24-16-5-3-4-15(12-16)20-18(25)21-17(22)13-6-8-14(19)9-7-13/h3-9,12H,2,10-11H2,1H3,(H2,20,21,22,25). The molecule has 0 radical (unpaired) electrons. The maximum absolute atomic E-state index is 12.1. The minimum Gasteiger partial charge on any atom is -0.491 e. The van der Waals surface area contributed by atoms with Crippen molar-refractivity contribution < 1.29 is 14.3 Å². The zero-order valence-electron chi connectivity index (χ0n) is 13.8. The highest BCUT2D eigenvalue weighted by Gasteiger charge is 2.08. The zero-order valence-corrected chi connectivity index (χ0v) is 16.2. The van der Waals surface area contributed by atoms with Crippen LogP contribution in [0.5, 0.6) is 5.75 Å². The van der Waals surface area contributed by atoms with Crippen molar-refractivity contribution in [2.24, 2.45) is 0 Å². The van der Waals surface area contributed by atoms with Gasteiger partial charge in [0.25, 0.3) is 5.91 Å². The second kappa shape index (κ2) is 10.1. The van der Waals surface area contributed by atoms with Crippen LogP contribution in [0.2, 0.25) is 0 Å². The van der Waals surface area contributed by atoms with E-state index in [1.54, 1.807) is 24.3 Å². The van der Waals surface area contributed by atoms with Gasteiger partial charge in [0.15, 0.2) is 5.11 Å². The normalized spacial score (nSPS) is 10.2. The highest BCUT2D eigenvalue weighted by Crippen LogP contribution is 2.17. The van der Waals surface area contributed by atoms with E-state index in [-0.39, 0.29) is 11.0 Å². The Labute approximate surface area is 160 Å². The molecule has 132 valence electrons. The molecule has 0 heterocycles. The number of carbonyl (C=O) groups is 1. The van der Waals surface area contributed by atoms with Crippen molar-refractivity contribution in [3.63, 3.8) is 0 Å². The molecule has 0 saturated carbocycles. The molecule has 0 aliphatic carbocycles. The number of anilines is 1. The first-order valence-corrected chi connectivity index (χ1v) is 8.97. The third-order valence-corrected chi connectivity index (χ3v) is 3.86. The molecule has 2 N–H and O–H groups in total. The minimum absolute atomic E-state index is 0.222. The summed E-state index contributed by atoms with van der Waals surface area (Å²) in [6, 6.07) is 14.4. The molecule has 7 heteroatoms. The van der Waals surface area contributed by atoms with E-state index in [0.29, 0.717) is 31.1 Å². The second-order valence-electron chi connectivity index (χ2n) is 4.99. The average Bonchev–Trinajstić information content (AvgIpc) is 2.59. The highest BCUT2D eigenvalue weighted by molar-refractivity contribution is 9.10. The summed E-state index contributed by atoms with van der Waals surface area (Å²) in [4.78, 5) is 12.1. The lowest BCUT2D eigenvalue weighted by Gasteiger charge is -2.11. The van der Waals surface area contributed by atoms with E-state index in [1.165, 1.54) is 0 Å². The van der Waals surface area contributed by atoms with Crippen LogP contribution < -0.4 is 15.4 Å². The summed E-state index contributed by atoms with van der Waals surface area (Å²) in [6.07, 6.45) is 0. The van der Waals surface area contributed by atoms with Crippen LogP contribution >= 0.6 is 28.1 Å². The summed E-state index contributed by atoms with van der Waals surface area (Å²) in [5.74, 6) is 0.431. The molecule has 0 aromatic heterocycles. The molecule has 0 bridgehead atoms. The van der Waals surface area contributed by atoms with Crippen LogP contribution in [-0.2, 0) is 4.74 Å². The number of rotatable bonds is 7. The van der Waals surface area contributed by atoms with E-state index in [1.807, 2.05) is 31.2 Å². The third-order valence-electron chi connectivity index (χ3n) is 3.13. The van der Waals surface area contributed by atoms with Gasteiger partial charge in [-0.15, -0.1) is 0 Å². The average molecular weight is 423 g/mol. The van der Waals surface area contributed by atoms with Crippen LogP contribution in [0.3, 0.4) is 0 Å². The van der Waals surface area contributed by atoms with Crippen molar-refractivity contribution in [2.45, 2.75) is 6.92 Å². The van der Waals surface area contributed by atoms with Crippen LogP contribution in [0.25, 0.3) is 0 Å². The molecule has 0 atom stereocenters. The topological polar surface area (TPSA) is 59.6 Å². The number of thiocarbonyl (C=S) groups is 1. The molecular formula is C18H19BrN2O3S. The SMILES string of the molecule is CCOCCOc1cccc(NC(=S)NC(=O)c2ccc(Br)cc2)c1. The van der Waals surface area contributed by atoms with Gasteiger partial charge in [0, 0.05) is 28.4 Å². The lowest BCUT2D eigenvalue weighted by atomic mass is 10.2. The van der Waals surface area contributed by atoms with Crippen molar-refractivity contribution in [1.82, 2.24) is 5.32 Å². The lowest BCUT2D eigenvalue weighted by Crippen LogP contribution is -2.34. The summed E-state index contributed by atoms with van der Waals surface area (Å²) in [5.41, 5.74) is 1.26. The first kappa shape index (κ1) is 19.4. The Kier molecular flexibility index (Phi) is 7.84. The second-order valence-corrected chi connectivity index (χ2v) is 6.31. The molecule has 25 heavy (non-hydrogen) atoms. The molecule has 2 aromatic rings. The zero-order chi connectivity index (χ0) is 18.1. The maximum Gasteiger partial charge on any atom is 0.257 e. The van der Waals surface area contributed by atoms with Crippen molar-refractivity contribution in [3.05, 3.63) is 58.6 Å². The first-order chi connectivity index (χ1) is 12.1. The van der Waals surface area contributed by atoms with Crippen molar-refractivity contribution in [1.29, 1.82) is 0 Å². The molecule has 0 aliphatic heterocycles. The number of benzene rings is 2. The third kappa shape index (κ3) is 6.81. The van der Waals surface area contributed by atoms with Crippen LogP contribution in [0, 0.1) is 0 Å². The van der Waals surface area contributed by atoms with E-state index in [4.69, 9.17) is 21.7 Å². The predicted molar refractivity (Wildman–Crippen MR) is 106 cm³/mol. The number of hydrogen-bond donors (Lipinski definition) is 2. The molecule has 0 aliphatic rings. The Morgan fingerprint density at radius 2 is 1.92 bits per heavy atom. The van der Waals surface area contributed by atoms with Gasteiger partial charge in [-0.1, -0.05) is 22.0 Å². The van der Waals surface area contributed by atoms with Crippen LogP contribution in [0.1, 0.15) is 17.3 Å². The molecule has 5 nitrogen and oxygen atoms in total. The first-order valence-electron chi connectivity index (χ1n) is 7.77. The fourth-order valence-corrected chi connectivity index (χ4v) is 2.44. The number of halogens is 1. The summed E-state index contributed by atoms with van der Waals surface area (Å²) < 4.78 is 11.7. The highest BCUT2D eigenvalue weighted by atomic mass is 79.9. The number of amides is 1. The van der Waals surface area contributed by atoms with Gasteiger partial charge >= 0.3 is 0 Å². The van der Waals surface area contributed by atoms with Gasteiger partial charge in [-0.2, -0.15) is 0 Å². The Morgan fingerprint density at radius 1 is 1.16 bits per heavy atom. The predicted octanol–water partition coefficient (Wildman–Crippen LogP) is 3.99. The fraction of sp³-hybridized carbons (Fsp3) is 0.222. The van der Waals surface area contributed by atoms with Crippen molar-refractivity contribution in [3.8, 4) is 5.75 Å². The van der Waals surface area contributed by atoms with Gasteiger partial charge in [-0.3, -0.25) is 10.1 Å². The Hall–Kier alpha value is -1.96. The summed E-state index contributed by atoms with van der Waals surface area (Å²) in [6.45, 7) is 3.61. The Bertz CT molecular complexity index is 723. The van der Waals surface area contributed by atoms with E-state index in [0.717, 1.165) is 10.2 Å². The van der Waals surface area contributed by atoms with E-state index in [2.05, 4.69) is 26.6 Å². The maximum atomic E-state index is 12.1. The van der Waals surface area contributed by atoms with Gasteiger partial charge in [0.2, 0.25) is 0 Å². The molecule has 0 spiro atoms. The summed E-state index contributed by atoms with van der Waals surface area (Å²) in [7, 11) is 0. The Balaban J connectivity index is 1.87. The quantitative estimate of drug-likeness (QED) is 0.521. The number of nitrogens with one attached hydrogen (secondary N) is 2. The van der Waals surface area contributed by atoms with Gasteiger partial charge in [0.1, 0.15) is 12.4 Å². The van der Waals surface area contributed by atoms with Crippen LogP contribution in [0.15, 0.2) is 53.0 Å². The molecule has 1 amide bonds. The minimum atomic E-state index is -0.269. The van der Waals surface area contributed by atoms with E-state index in [9.17, 15) is 4.79 Å². The number of hydrogen-bond acceptors (Lipinski definition) is 4. The molecular weight excluding hydrogens is 404 g/mol. The Morgan fingerprint density at radius 3 is 2.64 bits per heavy atom. The smallest absolute Gasteiger partial charge is 0.257 e. The van der Waals surface area contributed by atoms with E-state index < -0.39 is 0 Å². The van der Waals surface area contributed by atoms with Gasteiger partial charge in [-0.05, 0) is 55.5 Å². The van der Waals surface area contributed by atoms with Crippen LogP contribution in [-0.4, -0.2) is 30.8 Å². The number of carbonyl (C=O) groups excluding carboxylic acids is 1. The van der Waals surface area contributed by atoms with Crippen molar-refractivity contribution >= 4 is 44.9 Å². The van der Waals surface area contributed by atoms with Gasteiger partial charge < -0.3 is 14.8 Å². The fourth-order valence-electron chi connectivity index (χ4n) is 1.97. The van der Waals surface area contributed by atoms with Crippen molar-refractivity contribution in [2.75, 3.05) is 25.1 Å². The van der Waals surface area contributed by atoms with Crippen LogP contribution in [0.4, 0.5) is 5.69 Å². The summed E-state index contributed by atoms with van der Waals surface area (Å²) >= 11 is 8.52. The largest absolute Gasteiger partial charge is 0.491 e. The molecule has 0 unspecified atom stereocenters. The molecule has 2 aromatic carbocycles. The molecule has 0 fully saturated rings. The number of ether oxygens (including phenoxy) is 2. The van der Waals surface area contributed by atoms with E-state index >= 15 is 0 Å². The monoisotopic (exact) mass is 422 g/mol. The lowest BCUT2D eigenvalue weighted by molar-refractivity contribution is 0.0977. The molecule has 2 rings (SSSR count). The van der Waals surface area contributed by atoms with Gasteiger partial charge in [-0.25, -0.2) is 0 Å².